The van der Waals surface area contributed by atoms with Gasteiger partial charge >= 0.3 is 0 Å². The van der Waals surface area contributed by atoms with Crippen LogP contribution < -0.4 is 0 Å². The standard InChI is InChI=1S/C13H9Br2N3/c1-8-2-4-9(5-3-8)18-16-12-10(14)6-7-11(15)13(12)17-18/h2-7H,1H3. The average Bonchev–Trinajstić information content (AvgIpc) is 2.81. The lowest BCUT2D eigenvalue weighted by molar-refractivity contribution is 0.765. The van der Waals surface area contributed by atoms with Crippen LogP contribution >= 0.6 is 31.9 Å². The van der Waals surface area contributed by atoms with E-state index in [0.29, 0.717) is 0 Å². The summed E-state index contributed by atoms with van der Waals surface area (Å²) in [6, 6.07) is 12.0. The predicted molar refractivity (Wildman–Crippen MR) is 79.0 cm³/mol. The highest BCUT2D eigenvalue weighted by Gasteiger charge is 2.10. The van der Waals surface area contributed by atoms with Crippen LogP contribution in [0.5, 0.6) is 0 Å². The molecule has 0 amide bonds. The monoisotopic (exact) mass is 365 g/mol. The van der Waals surface area contributed by atoms with E-state index < -0.39 is 0 Å². The molecule has 3 rings (SSSR count). The zero-order chi connectivity index (χ0) is 12.7. The van der Waals surface area contributed by atoms with Gasteiger partial charge in [0.25, 0.3) is 0 Å². The molecule has 0 saturated heterocycles. The molecule has 0 aliphatic rings. The Morgan fingerprint density at radius 1 is 0.833 bits per heavy atom. The highest BCUT2D eigenvalue weighted by molar-refractivity contribution is 9.11. The second-order valence-electron chi connectivity index (χ2n) is 4.05. The van der Waals surface area contributed by atoms with Crippen molar-refractivity contribution in [2.24, 2.45) is 0 Å². The van der Waals surface area contributed by atoms with Gasteiger partial charge in [0.2, 0.25) is 0 Å². The Bertz CT molecular complexity index is 678. The fraction of sp³-hybridized carbons (Fsp3) is 0.0769. The molecule has 0 radical (unpaired) electrons. The molecule has 0 atom stereocenters. The van der Waals surface area contributed by atoms with E-state index in [4.69, 9.17) is 0 Å². The van der Waals surface area contributed by atoms with Crippen LogP contribution in [-0.2, 0) is 0 Å². The number of aromatic nitrogens is 3. The summed E-state index contributed by atoms with van der Waals surface area (Å²) >= 11 is 6.98. The largest absolute Gasteiger partial charge is 0.150 e. The maximum Gasteiger partial charge on any atom is 0.129 e. The van der Waals surface area contributed by atoms with Gasteiger partial charge in [-0.15, -0.1) is 10.2 Å². The molecule has 0 aliphatic carbocycles. The molecule has 90 valence electrons. The van der Waals surface area contributed by atoms with Gasteiger partial charge in [0, 0.05) is 8.95 Å². The van der Waals surface area contributed by atoms with E-state index >= 15 is 0 Å². The van der Waals surface area contributed by atoms with Crippen LogP contribution in [0.15, 0.2) is 45.3 Å². The second kappa shape index (κ2) is 4.48. The fourth-order valence-electron chi connectivity index (χ4n) is 1.73. The number of hydrogen-bond acceptors (Lipinski definition) is 2. The zero-order valence-electron chi connectivity index (χ0n) is 9.56. The smallest absolute Gasteiger partial charge is 0.129 e. The van der Waals surface area contributed by atoms with Gasteiger partial charge in [-0.2, -0.15) is 4.80 Å². The van der Waals surface area contributed by atoms with Crippen molar-refractivity contribution < 1.29 is 0 Å². The van der Waals surface area contributed by atoms with Crippen molar-refractivity contribution in [1.29, 1.82) is 0 Å². The Balaban J connectivity index is 2.22. The molecule has 2 aromatic carbocycles. The molecule has 0 saturated carbocycles. The molecular weight excluding hydrogens is 358 g/mol. The first-order valence-electron chi connectivity index (χ1n) is 5.43. The van der Waals surface area contributed by atoms with E-state index in [1.54, 1.807) is 4.80 Å². The SMILES string of the molecule is Cc1ccc(-n2nc3c(Br)ccc(Br)c3n2)cc1. The summed E-state index contributed by atoms with van der Waals surface area (Å²) in [7, 11) is 0. The van der Waals surface area contributed by atoms with Crippen molar-refractivity contribution in [2.75, 3.05) is 0 Å². The van der Waals surface area contributed by atoms with Crippen molar-refractivity contribution in [3.63, 3.8) is 0 Å². The lowest BCUT2D eigenvalue weighted by Crippen LogP contribution is -1.97. The minimum absolute atomic E-state index is 0.852. The van der Waals surface area contributed by atoms with Gasteiger partial charge in [0.15, 0.2) is 0 Å². The van der Waals surface area contributed by atoms with Crippen molar-refractivity contribution in [3.8, 4) is 5.69 Å². The summed E-state index contributed by atoms with van der Waals surface area (Å²) in [5.74, 6) is 0. The molecule has 0 spiro atoms. The Morgan fingerprint density at radius 3 is 1.83 bits per heavy atom. The van der Waals surface area contributed by atoms with Crippen LogP contribution in [0.4, 0.5) is 0 Å². The van der Waals surface area contributed by atoms with E-state index in [9.17, 15) is 0 Å². The zero-order valence-corrected chi connectivity index (χ0v) is 12.7. The first-order valence-corrected chi connectivity index (χ1v) is 7.02. The van der Waals surface area contributed by atoms with E-state index in [2.05, 4.69) is 49.0 Å². The number of nitrogens with zero attached hydrogens (tertiary/aromatic N) is 3. The summed E-state index contributed by atoms with van der Waals surface area (Å²) in [4.78, 5) is 1.65. The Kier molecular flexibility index (Phi) is 2.95. The van der Waals surface area contributed by atoms with Crippen molar-refractivity contribution in [3.05, 3.63) is 50.9 Å². The van der Waals surface area contributed by atoms with Gasteiger partial charge in [0.05, 0.1) is 5.69 Å². The summed E-state index contributed by atoms with van der Waals surface area (Å²) < 4.78 is 1.89. The molecule has 0 aliphatic heterocycles. The van der Waals surface area contributed by atoms with E-state index in [1.165, 1.54) is 5.56 Å². The van der Waals surface area contributed by atoms with Crippen LogP contribution in [0.3, 0.4) is 0 Å². The Morgan fingerprint density at radius 2 is 1.33 bits per heavy atom. The topological polar surface area (TPSA) is 30.7 Å². The highest BCUT2D eigenvalue weighted by atomic mass is 79.9. The fourth-order valence-corrected chi connectivity index (χ4v) is 2.52. The number of benzene rings is 2. The van der Waals surface area contributed by atoms with Crippen LogP contribution in [-0.4, -0.2) is 15.0 Å². The van der Waals surface area contributed by atoms with Gasteiger partial charge in [0.1, 0.15) is 11.0 Å². The molecular formula is C13H9Br2N3. The van der Waals surface area contributed by atoms with E-state index in [0.717, 1.165) is 25.7 Å². The minimum atomic E-state index is 0.852. The highest BCUT2D eigenvalue weighted by Crippen LogP contribution is 2.28. The van der Waals surface area contributed by atoms with E-state index in [1.807, 2.05) is 36.4 Å². The molecule has 3 nitrogen and oxygen atoms in total. The van der Waals surface area contributed by atoms with Gasteiger partial charge in [-0.05, 0) is 63.0 Å². The molecule has 0 fully saturated rings. The van der Waals surface area contributed by atoms with Crippen LogP contribution in [0, 0.1) is 6.92 Å². The summed E-state index contributed by atoms with van der Waals surface area (Å²) in [6.07, 6.45) is 0. The molecule has 5 heteroatoms. The predicted octanol–water partition coefficient (Wildman–Crippen LogP) is 4.25. The lowest BCUT2D eigenvalue weighted by atomic mass is 10.2. The van der Waals surface area contributed by atoms with Gasteiger partial charge < -0.3 is 0 Å². The van der Waals surface area contributed by atoms with Crippen molar-refractivity contribution in [1.82, 2.24) is 15.0 Å². The Hall–Kier alpha value is -1.20. The van der Waals surface area contributed by atoms with Crippen molar-refractivity contribution >= 4 is 42.9 Å². The van der Waals surface area contributed by atoms with E-state index in [-0.39, 0.29) is 0 Å². The molecule has 18 heavy (non-hydrogen) atoms. The summed E-state index contributed by atoms with van der Waals surface area (Å²) in [6.45, 7) is 2.06. The lowest BCUT2D eigenvalue weighted by Gasteiger charge is -1.98. The molecule has 0 N–H and O–H groups in total. The average molecular weight is 367 g/mol. The first-order chi connectivity index (χ1) is 8.65. The number of aryl methyl sites for hydroxylation is 1. The first kappa shape index (κ1) is 11.9. The molecule has 3 aromatic rings. The second-order valence-corrected chi connectivity index (χ2v) is 5.76. The number of fused-ring (bicyclic) bond motifs is 1. The van der Waals surface area contributed by atoms with Crippen molar-refractivity contribution in [2.45, 2.75) is 6.92 Å². The third-order valence-electron chi connectivity index (χ3n) is 2.71. The van der Waals surface area contributed by atoms with Gasteiger partial charge in [-0.3, -0.25) is 0 Å². The third-order valence-corrected chi connectivity index (χ3v) is 3.99. The maximum absolute atomic E-state index is 4.50. The van der Waals surface area contributed by atoms with Gasteiger partial charge in [-0.25, -0.2) is 0 Å². The summed E-state index contributed by atoms with van der Waals surface area (Å²) in [5, 5.41) is 9.00. The minimum Gasteiger partial charge on any atom is -0.150 e. The van der Waals surface area contributed by atoms with Crippen LogP contribution in [0.2, 0.25) is 0 Å². The number of hydrogen-bond donors (Lipinski definition) is 0. The Labute approximate surface area is 121 Å². The maximum atomic E-state index is 4.50. The molecule has 0 unspecified atom stereocenters. The number of halogens is 2. The third kappa shape index (κ3) is 1.97. The molecule has 1 aromatic heterocycles. The normalized spacial score (nSPS) is 11.1. The van der Waals surface area contributed by atoms with Crippen LogP contribution in [0.1, 0.15) is 5.56 Å². The van der Waals surface area contributed by atoms with Crippen LogP contribution in [0.25, 0.3) is 16.7 Å². The summed E-state index contributed by atoms with van der Waals surface area (Å²) in [5.41, 5.74) is 3.88. The molecule has 0 bridgehead atoms. The quantitative estimate of drug-likeness (QED) is 0.644. The number of rotatable bonds is 1. The van der Waals surface area contributed by atoms with Gasteiger partial charge in [-0.1, -0.05) is 17.7 Å². The molecule has 1 heterocycles.